The van der Waals surface area contributed by atoms with Gasteiger partial charge in [-0.1, -0.05) is 19.1 Å². The molecule has 0 spiro atoms. The van der Waals surface area contributed by atoms with Crippen LogP contribution in [0, 0.1) is 0 Å². The van der Waals surface area contributed by atoms with Crippen LogP contribution in [0.1, 0.15) is 58.0 Å². The highest BCUT2D eigenvalue weighted by atomic mass is 16.2. The number of anilines is 1. The fraction of sp³-hybridized carbons (Fsp3) is 0.240. The van der Waals surface area contributed by atoms with Crippen LogP contribution in [0.25, 0.3) is 11.4 Å². The fourth-order valence-electron chi connectivity index (χ4n) is 4.37. The highest BCUT2D eigenvalue weighted by Crippen LogP contribution is 2.36. The summed E-state index contributed by atoms with van der Waals surface area (Å²) < 4.78 is 0. The van der Waals surface area contributed by atoms with Gasteiger partial charge in [0.2, 0.25) is 11.8 Å². The normalized spacial score (nSPS) is 17.5. The summed E-state index contributed by atoms with van der Waals surface area (Å²) in [6, 6.07) is 12.0. The van der Waals surface area contributed by atoms with Crippen molar-refractivity contribution in [3.8, 4) is 11.4 Å². The second-order valence-electron chi connectivity index (χ2n) is 8.27. The smallest absolute Gasteiger partial charge is 0.274 e. The number of amides is 3. The number of hydrogen-bond donors (Lipinski definition) is 4. The molecule has 1 fully saturated rings. The molecular formula is C25H26N6O3. The number of hydrogen-bond acceptors (Lipinski definition) is 5. The van der Waals surface area contributed by atoms with Crippen LogP contribution < -0.4 is 16.4 Å². The standard InChI is InChI=1S/C25H26N6O3/c1-2-23(32)28-16-6-3-5-15(13-16)19-14-17(9-10-18(19)24(26)33)29-25(34)22-8-4-7-20(30-22)21-11-12-27-31-21/h2,4,7-12,14-16H,1,3,5-6,13H2,(H2,26,33)(H,27,31)(H,28,32)(H,29,34)/t15?,16-/m0/s1. The van der Waals surface area contributed by atoms with Crippen molar-refractivity contribution in [2.75, 3.05) is 5.32 Å². The van der Waals surface area contributed by atoms with Crippen molar-refractivity contribution in [1.29, 1.82) is 0 Å². The molecule has 2 heterocycles. The van der Waals surface area contributed by atoms with Gasteiger partial charge < -0.3 is 16.4 Å². The van der Waals surface area contributed by atoms with E-state index in [0.29, 0.717) is 29.1 Å². The summed E-state index contributed by atoms with van der Waals surface area (Å²) in [5.74, 6) is -1.10. The molecule has 9 heteroatoms. The van der Waals surface area contributed by atoms with Crippen LogP contribution in [0.5, 0.6) is 0 Å². The molecule has 174 valence electrons. The third kappa shape index (κ3) is 5.20. The minimum absolute atomic E-state index is 0.0161. The molecular weight excluding hydrogens is 432 g/mol. The number of benzene rings is 1. The molecule has 3 aromatic rings. The Morgan fingerprint density at radius 3 is 2.74 bits per heavy atom. The Morgan fingerprint density at radius 1 is 1.15 bits per heavy atom. The summed E-state index contributed by atoms with van der Waals surface area (Å²) in [4.78, 5) is 41.2. The number of carbonyl (C=O) groups is 3. The molecule has 9 nitrogen and oxygen atoms in total. The third-order valence-corrected chi connectivity index (χ3v) is 5.98. The number of primary amides is 1. The second kappa shape index (κ2) is 10.1. The Balaban J connectivity index is 1.56. The minimum atomic E-state index is -0.529. The van der Waals surface area contributed by atoms with Gasteiger partial charge in [0, 0.05) is 23.5 Å². The van der Waals surface area contributed by atoms with E-state index in [1.54, 1.807) is 48.7 Å². The maximum Gasteiger partial charge on any atom is 0.274 e. The molecule has 0 saturated heterocycles. The van der Waals surface area contributed by atoms with Crippen LogP contribution in [-0.2, 0) is 4.79 Å². The molecule has 3 amide bonds. The first-order valence-electron chi connectivity index (χ1n) is 11.1. The van der Waals surface area contributed by atoms with Crippen LogP contribution >= 0.6 is 0 Å². The maximum atomic E-state index is 12.9. The molecule has 2 atom stereocenters. The highest BCUT2D eigenvalue weighted by molar-refractivity contribution is 6.03. The SMILES string of the molecule is C=CC(=O)N[C@H]1CCCC(c2cc(NC(=O)c3cccc(-c4ccn[nH]4)n3)ccc2C(N)=O)C1. The van der Waals surface area contributed by atoms with E-state index >= 15 is 0 Å². The van der Waals surface area contributed by atoms with Crippen molar-refractivity contribution in [2.24, 2.45) is 5.73 Å². The average Bonchev–Trinajstić information content (AvgIpc) is 3.39. The predicted molar refractivity (Wildman–Crippen MR) is 128 cm³/mol. The Hall–Kier alpha value is -4.27. The molecule has 0 radical (unpaired) electrons. The Labute approximate surface area is 196 Å². The molecule has 1 saturated carbocycles. The van der Waals surface area contributed by atoms with Gasteiger partial charge in [-0.15, -0.1) is 0 Å². The Kier molecular flexibility index (Phi) is 6.82. The first-order valence-corrected chi connectivity index (χ1v) is 11.1. The van der Waals surface area contributed by atoms with Gasteiger partial charge in [0.1, 0.15) is 5.69 Å². The molecule has 34 heavy (non-hydrogen) atoms. The van der Waals surface area contributed by atoms with E-state index in [4.69, 9.17) is 5.73 Å². The van der Waals surface area contributed by atoms with E-state index in [0.717, 1.165) is 24.8 Å². The zero-order valence-corrected chi connectivity index (χ0v) is 18.6. The number of nitrogens with one attached hydrogen (secondary N) is 3. The van der Waals surface area contributed by atoms with Crippen molar-refractivity contribution < 1.29 is 14.4 Å². The van der Waals surface area contributed by atoms with Crippen LogP contribution in [0.2, 0.25) is 0 Å². The number of nitrogens with zero attached hydrogens (tertiary/aromatic N) is 2. The molecule has 1 unspecified atom stereocenters. The summed E-state index contributed by atoms with van der Waals surface area (Å²) in [6.07, 6.45) is 6.15. The number of nitrogens with two attached hydrogens (primary N) is 1. The first kappa shape index (κ1) is 22.9. The van der Waals surface area contributed by atoms with Crippen molar-refractivity contribution in [2.45, 2.75) is 37.6 Å². The van der Waals surface area contributed by atoms with Crippen LogP contribution in [0.4, 0.5) is 5.69 Å². The largest absolute Gasteiger partial charge is 0.366 e. The Bertz CT molecular complexity index is 1220. The van der Waals surface area contributed by atoms with Gasteiger partial charge >= 0.3 is 0 Å². The van der Waals surface area contributed by atoms with E-state index in [1.807, 2.05) is 0 Å². The zero-order chi connectivity index (χ0) is 24.1. The van der Waals surface area contributed by atoms with E-state index < -0.39 is 5.91 Å². The molecule has 2 aromatic heterocycles. The first-order chi connectivity index (χ1) is 16.4. The fourth-order valence-corrected chi connectivity index (χ4v) is 4.37. The van der Waals surface area contributed by atoms with Crippen molar-refractivity contribution in [1.82, 2.24) is 20.5 Å². The molecule has 0 bridgehead atoms. The van der Waals surface area contributed by atoms with Gasteiger partial charge in [0.05, 0.1) is 11.4 Å². The van der Waals surface area contributed by atoms with Crippen LogP contribution in [0.15, 0.2) is 61.3 Å². The number of rotatable bonds is 7. The summed E-state index contributed by atoms with van der Waals surface area (Å²) in [6.45, 7) is 3.50. The topological polar surface area (TPSA) is 143 Å². The van der Waals surface area contributed by atoms with Gasteiger partial charge in [-0.3, -0.25) is 19.5 Å². The maximum absolute atomic E-state index is 12.9. The van der Waals surface area contributed by atoms with Crippen molar-refractivity contribution in [3.63, 3.8) is 0 Å². The quantitative estimate of drug-likeness (QED) is 0.402. The minimum Gasteiger partial charge on any atom is -0.366 e. The Morgan fingerprint density at radius 2 is 2.00 bits per heavy atom. The molecule has 1 aliphatic carbocycles. The number of carbonyl (C=O) groups excluding carboxylic acids is 3. The monoisotopic (exact) mass is 458 g/mol. The van der Waals surface area contributed by atoms with Crippen LogP contribution in [0.3, 0.4) is 0 Å². The summed E-state index contributed by atoms with van der Waals surface area (Å²) in [5, 5.41) is 12.6. The van der Waals surface area contributed by atoms with Crippen molar-refractivity contribution in [3.05, 3.63) is 78.1 Å². The lowest BCUT2D eigenvalue weighted by Gasteiger charge is -2.31. The van der Waals surface area contributed by atoms with Gasteiger partial charge in [-0.2, -0.15) is 5.10 Å². The second-order valence-corrected chi connectivity index (χ2v) is 8.27. The van der Waals surface area contributed by atoms with Gasteiger partial charge in [0.25, 0.3) is 5.91 Å². The molecule has 5 N–H and O–H groups in total. The summed E-state index contributed by atoms with van der Waals surface area (Å²) >= 11 is 0. The average molecular weight is 459 g/mol. The van der Waals surface area contributed by atoms with E-state index in [2.05, 4.69) is 32.4 Å². The highest BCUT2D eigenvalue weighted by Gasteiger charge is 2.27. The number of aromatic amines is 1. The lowest BCUT2D eigenvalue weighted by Crippen LogP contribution is -2.37. The third-order valence-electron chi connectivity index (χ3n) is 5.98. The zero-order valence-electron chi connectivity index (χ0n) is 18.6. The van der Waals surface area contributed by atoms with E-state index in [-0.39, 0.29) is 29.5 Å². The lowest BCUT2D eigenvalue weighted by molar-refractivity contribution is -0.117. The summed E-state index contributed by atoms with van der Waals surface area (Å²) in [5.41, 5.74) is 8.91. The van der Waals surface area contributed by atoms with Crippen LogP contribution in [-0.4, -0.2) is 38.9 Å². The molecule has 4 rings (SSSR count). The molecule has 1 aliphatic rings. The summed E-state index contributed by atoms with van der Waals surface area (Å²) in [7, 11) is 0. The van der Waals surface area contributed by atoms with Crippen molar-refractivity contribution >= 4 is 23.4 Å². The van der Waals surface area contributed by atoms with E-state index in [1.165, 1.54) is 6.08 Å². The number of aromatic nitrogens is 3. The van der Waals surface area contributed by atoms with E-state index in [9.17, 15) is 14.4 Å². The molecule has 0 aliphatic heterocycles. The van der Waals surface area contributed by atoms with Gasteiger partial charge in [-0.05, 0) is 73.2 Å². The van der Waals surface area contributed by atoms with Gasteiger partial charge in [-0.25, -0.2) is 4.98 Å². The molecule has 1 aromatic carbocycles. The lowest BCUT2D eigenvalue weighted by atomic mass is 9.79. The number of pyridine rings is 1. The van der Waals surface area contributed by atoms with Gasteiger partial charge in [0.15, 0.2) is 0 Å². The predicted octanol–water partition coefficient (Wildman–Crippen LogP) is 3.15. The number of H-pyrrole nitrogens is 1.